The van der Waals surface area contributed by atoms with E-state index < -0.39 is 0 Å². The van der Waals surface area contributed by atoms with E-state index in [-0.39, 0.29) is 29.5 Å². The van der Waals surface area contributed by atoms with Crippen LogP contribution in [0.15, 0.2) is 18.3 Å². The van der Waals surface area contributed by atoms with Crippen LogP contribution in [0.4, 0.5) is 0 Å². The molecule has 1 heterocycles. The van der Waals surface area contributed by atoms with Crippen LogP contribution in [0.5, 0.6) is 0 Å². The van der Waals surface area contributed by atoms with E-state index in [0.717, 1.165) is 0 Å². The zero-order valence-corrected chi connectivity index (χ0v) is 6.22. The van der Waals surface area contributed by atoms with Crippen LogP contribution in [0.25, 0.3) is 0 Å². The van der Waals surface area contributed by atoms with Crippen molar-refractivity contribution >= 4 is 0 Å². The van der Waals surface area contributed by atoms with E-state index in [1.807, 2.05) is 18.3 Å². The Bertz CT molecular complexity index is 70.5. The summed E-state index contributed by atoms with van der Waals surface area (Å²) in [6, 6.07) is 3.71. The van der Waals surface area contributed by atoms with Crippen molar-refractivity contribution in [2.24, 2.45) is 0 Å². The molecular weight excluding hydrogens is 292 g/mol. The van der Waals surface area contributed by atoms with Crippen molar-refractivity contribution in [3.05, 3.63) is 24.5 Å². The third kappa shape index (κ3) is 5.79. The van der Waals surface area contributed by atoms with Crippen LogP contribution in [-0.2, 0) is 20.1 Å². The predicted octanol–water partition coefficient (Wildman–Crippen LogP) is -5.18. The zero-order chi connectivity index (χ0) is 3.54. The molecule has 1 aromatic heterocycles. The third-order valence-corrected chi connectivity index (χ3v) is 0.442. The van der Waals surface area contributed by atoms with E-state index >= 15 is 0 Å². The van der Waals surface area contributed by atoms with Crippen LogP contribution < -0.4 is 9.41 Å². The summed E-state index contributed by atoms with van der Waals surface area (Å²) in [5, 5.41) is 0. The summed E-state index contributed by atoms with van der Waals surface area (Å²) in [7, 11) is 0. The fraction of sp³-hybridized carbons (Fsp3) is 0. The molecule has 0 aliphatic rings. The van der Waals surface area contributed by atoms with Crippen molar-refractivity contribution < 1.29 is 29.5 Å². The Kier molecular flexibility index (Phi) is 19.4. The van der Waals surface area contributed by atoms with Gasteiger partial charge in [0.05, 0.1) is 0 Å². The second-order valence-corrected chi connectivity index (χ2v) is 0.814. The first-order valence-electron chi connectivity index (χ1n) is 1.49. The molecule has 0 aliphatic heterocycles. The Morgan fingerprint density at radius 3 is 2.00 bits per heavy atom. The molecule has 0 saturated heterocycles. The molecule has 0 radical (unpaired) electrons. The van der Waals surface area contributed by atoms with Gasteiger partial charge in [-0.3, -0.25) is 0 Å². The molecule has 0 saturated carbocycles. The first kappa shape index (κ1) is 15.7. The molecule has 0 bridgehead atoms. The molecule has 1 nitrogen and oxygen atoms in total. The van der Waals surface area contributed by atoms with Gasteiger partial charge in [-0.05, 0) is 0 Å². The van der Waals surface area contributed by atoms with Crippen LogP contribution in [0.3, 0.4) is 0 Å². The maximum atomic E-state index is 2.74. The molecule has 8 heavy (non-hydrogen) atoms. The van der Waals surface area contributed by atoms with Gasteiger partial charge in [0.2, 0.25) is 0 Å². The number of aromatic amines is 1. The number of nitrogens with one attached hydrogen (secondary N) is 1. The molecule has 0 fully saturated rings. The van der Waals surface area contributed by atoms with Crippen LogP contribution in [-0.4, -0.2) is 4.98 Å². The molecule has 0 aromatic carbocycles. The Morgan fingerprint density at radius 2 is 1.88 bits per heavy atom. The van der Waals surface area contributed by atoms with E-state index in [4.69, 9.17) is 0 Å². The van der Waals surface area contributed by atoms with Gasteiger partial charge in [0.15, 0.2) is 0 Å². The molecule has 1 N–H and O–H groups in total. The smallest absolute Gasteiger partial charge is 1.00 e. The number of hydrogen-bond donors (Lipinski definition) is 1. The van der Waals surface area contributed by atoms with Crippen LogP contribution >= 0.6 is 0 Å². The fourth-order valence-corrected chi connectivity index (χ4v) is 0.241. The first-order chi connectivity index (χ1) is 2.50. The molecule has 0 aliphatic carbocycles. The van der Waals surface area contributed by atoms with Gasteiger partial charge in [0, 0.05) is 0 Å². The average Bonchev–Trinajstić information content (AvgIpc) is 1.76. The maximum Gasteiger partial charge on any atom is 3.00 e. The van der Waals surface area contributed by atoms with Gasteiger partial charge in [0.25, 0.3) is 0 Å². The maximum absolute atomic E-state index is 2.74. The van der Waals surface area contributed by atoms with E-state index in [0.29, 0.717) is 0 Å². The molecule has 0 atom stereocenters. The number of hydrogen-bond acceptors (Lipinski definition) is 0. The minimum Gasteiger partial charge on any atom is -1.00 e. The Hall–Kier alpha value is -0.211. The molecule has 0 spiro atoms. The normalized spacial score (nSPS) is 5.00. The van der Waals surface area contributed by atoms with Gasteiger partial charge in [0.1, 0.15) is 0 Å². The SMILES string of the molecule is [F-].[F-].[Ir+3].[c-]1ccc[nH]1. The van der Waals surface area contributed by atoms with Gasteiger partial charge < -0.3 is 14.4 Å². The van der Waals surface area contributed by atoms with E-state index in [1.54, 1.807) is 0 Å². The summed E-state index contributed by atoms with van der Waals surface area (Å²) in [6.45, 7) is 0. The van der Waals surface area contributed by atoms with Crippen molar-refractivity contribution in [3.8, 4) is 0 Å². The summed E-state index contributed by atoms with van der Waals surface area (Å²) in [5.41, 5.74) is 0. The van der Waals surface area contributed by atoms with Crippen LogP contribution in [0.1, 0.15) is 0 Å². The zero-order valence-electron chi connectivity index (χ0n) is 3.82. The molecule has 0 amide bonds. The number of aromatic nitrogens is 1. The van der Waals surface area contributed by atoms with E-state index in [2.05, 4.69) is 11.2 Å². The summed E-state index contributed by atoms with van der Waals surface area (Å²) in [5.74, 6) is 0. The van der Waals surface area contributed by atoms with Crippen LogP contribution in [0.2, 0.25) is 0 Å². The minimum atomic E-state index is 0. The Labute approximate surface area is 59.6 Å². The average molecular weight is 296 g/mol. The van der Waals surface area contributed by atoms with Crippen LogP contribution in [0, 0.1) is 6.20 Å². The van der Waals surface area contributed by atoms with E-state index in [9.17, 15) is 0 Å². The van der Waals surface area contributed by atoms with Crippen molar-refractivity contribution in [2.75, 3.05) is 0 Å². The molecule has 48 valence electrons. The van der Waals surface area contributed by atoms with Gasteiger partial charge in [-0.2, -0.15) is 18.3 Å². The topological polar surface area (TPSA) is 15.8 Å². The minimum absolute atomic E-state index is 0. The molecule has 1 rings (SSSR count). The van der Waals surface area contributed by atoms with Crippen molar-refractivity contribution in [1.82, 2.24) is 4.98 Å². The summed E-state index contributed by atoms with van der Waals surface area (Å²) < 4.78 is 0. The number of H-pyrrole nitrogens is 1. The van der Waals surface area contributed by atoms with E-state index in [1.165, 1.54) is 0 Å². The van der Waals surface area contributed by atoms with Gasteiger partial charge in [-0.15, -0.1) is 6.20 Å². The predicted molar refractivity (Wildman–Crippen MR) is 19.6 cm³/mol. The van der Waals surface area contributed by atoms with Crippen molar-refractivity contribution in [2.45, 2.75) is 0 Å². The Morgan fingerprint density at radius 1 is 1.25 bits per heavy atom. The quantitative estimate of drug-likeness (QED) is 0.461. The van der Waals surface area contributed by atoms with Crippen molar-refractivity contribution in [3.63, 3.8) is 0 Å². The largest absolute Gasteiger partial charge is 3.00 e. The second kappa shape index (κ2) is 9.92. The first-order valence-corrected chi connectivity index (χ1v) is 1.49. The second-order valence-electron chi connectivity index (χ2n) is 0.814. The number of rotatable bonds is 0. The standard InChI is InChI=1S/C4H4N.2FH.Ir/c1-2-4-5-3-1;;;/h1-3,5H;2*1H;/q-1;;;+3/p-2. The summed E-state index contributed by atoms with van der Waals surface area (Å²) in [6.07, 6.45) is 4.56. The van der Waals surface area contributed by atoms with Gasteiger partial charge >= 0.3 is 20.1 Å². The Balaban J connectivity index is -0.0000000833. The summed E-state index contributed by atoms with van der Waals surface area (Å²) in [4.78, 5) is 2.74. The molecule has 1 aromatic rings. The fourth-order valence-electron chi connectivity index (χ4n) is 0.241. The molecule has 0 unspecified atom stereocenters. The van der Waals surface area contributed by atoms with Gasteiger partial charge in [-0.25, -0.2) is 0 Å². The molecule has 4 heteroatoms. The van der Waals surface area contributed by atoms with Gasteiger partial charge in [-0.1, -0.05) is 0 Å². The monoisotopic (exact) mass is 297 g/mol. The summed E-state index contributed by atoms with van der Waals surface area (Å²) >= 11 is 0. The molecular formula is C4H4F2IrN. The third-order valence-electron chi connectivity index (χ3n) is 0.442. The number of halogens is 2. The van der Waals surface area contributed by atoms with Crippen molar-refractivity contribution in [1.29, 1.82) is 0 Å².